The molecule has 1 saturated carbocycles. The van der Waals surface area contributed by atoms with E-state index < -0.39 is 11.9 Å². The van der Waals surface area contributed by atoms with Crippen LogP contribution in [0.25, 0.3) is 11.1 Å². The first-order valence-corrected chi connectivity index (χ1v) is 11.8. The van der Waals surface area contributed by atoms with Crippen LogP contribution < -0.4 is 10.5 Å². The number of nitrogens with zero attached hydrogens (tertiary/aromatic N) is 3. The number of nitrogen functional groups attached to an aromatic ring is 1. The van der Waals surface area contributed by atoms with Crippen LogP contribution in [-0.2, 0) is 4.74 Å². The summed E-state index contributed by atoms with van der Waals surface area (Å²) in [4.78, 5) is 4.30. The Morgan fingerprint density at radius 2 is 2.09 bits per heavy atom. The molecule has 3 aromatic rings. The van der Waals surface area contributed by atoms with Crippen molar-refractivity contribution < 1.29 is 13.9 Å². The van der Waals surface area contributed by atoms with E-state index in [4.69, 9.17) is 38.4 Å². The number of rotatable bonds is 5. The van der Waals surface area contributed by atoms with E-state index in [1.54, 1.807) is 13.1 Å². The maximum atomic E-state index is 14.0. The zero-order valence-electron chi connectivity index (χ0n) is 18.2. The molecule has 1 unspecified atom stereocenters. The molecular formula is C24H25Cl2FN4O2. The highest BCUT2D eigenvalue weighted by Crippen LogP contribution is 2.52. The van der Waals surface area contributed by atoms with Crippen molar-refractivity contribution in [2.75, 3.05) is 18.9 Å². The van der Waals surface area contributed by atoms with Gasteiger partial charge in [0.2, 0.25) is 0 Å². The first-order chi connectivity index (χ1) is 15.9. The van der Waals surface area contributed by atoms with Gasteiger partial charge in [-0.15, -0.1) is 0 Å². The monoisotopic (exact) mass is 490 g/mol. The van der Waals surface area contributed by atoms with Crippen LogP contribution in [0.5, 0.6) is 5.75 Å². The Bertz CT molecular complexity index is 1180. The van der Waals surface area contributed by atoms with Crippen molar-refractivity contribution in [1.29, 1.82) is 0 Å². The summed E-state index contributed by atoms with van der Waals surface area (Å²) in [5, 5.41) is 4.92. The first kappa shape index (κ1) is 22.4. The average Bonchev–Trinajstić information content (AvgIpc) is 3.27. The smallest absolute Gasteiger partial charge is 0.166 e. The summed E-state index contributed by atoms with van der Waals surface area (Å²) >= 11 is 12.4. The molecule has 3 heterocycles. The highest BCUT2D eigenvalue weighted by atomic mass is 35.5. The molecule has 2 aliphatic rings. The second-order valence-electron chi connectivity index (χ2n) is 8.91. The van der Waals surface area contributed by atoms with Crippen LogP contribution in [0.2, 0.25) is 10.0 Å². The third-order valence-corrected chi connectivity index (χ3v) is 7.62. The minimum atomic E-state index is -0.636. The van der Waals surface area contributed by atoms with E-state index in [-0.39, 0.29) is 16.3 Å². The lowest BCUT2D eigenvalue weighted by Crippen LogP contribution is -2.46. The van der Waals surface area contributed by atoms with E-state index in [0.717, 1.165) is 30.8 Å². The molecule has 1 aliphatic carbocycles. The molecule has 0 bridgehead atoms. The van der Waals surface area contributed by atoms with Crippen molar-refractivity contribution >= 4 is 29.0 Å². The predicted octanol–water partition coefficient (Wildman–Crippen LogP) is 6.24. The fraction of sp³-hybridized carbons (Fsp3) is 0.417. The standard InChI is InChI=1S/C24H25Cl2FN4O2/c1-14(21-17(25)3-4-18(27)22(21)26)33-19-9-15(10-29-23(19)28)16-11-30-31(12-16)20-5-8-32-13-24(20)6-2-7-24/h3-4,9-12,14,20H,2,5-8,13H2,1H3,(H2,28,29)/t14-,20?/m1/s1. The minimum Gasteiger partial charge on any atom is -0.482 e. The lowest BCUT2D eigenvalue weighted by molar-refractivity contribution is -0.0937. The molecule has 174 valence electrons. The Balaban J connectivity index is 1.40. The molecule has 2 fully saturated rings. The summed E-state index contributed by atoms with van der Waals surface area (Å²) in [5.74, 6) is 0.0290. The molecule has 0 amide bonds. The number of anilines is 1. The van der Waals surface area contributed by atoms with Crippen LogP contribution in [-0.4, -0.2) is 28.0 Å². The largest absolute Gasteiger partial charge is 0.482 e. The maximum absolute atomic E-state index is 14.0. The second kappa shape index (κ2) is 8.78. The molecule has 2 atom stereocenters. The quantitative estimate of drug-likeness (QED) is 0.428. The van der Waals surface area contributed by atoms with Crippen LogP contribution in [0, 0.1) is 11.2 Å². The molecule has 6 nitrogen and oxygen atoms in total. The highest BCUT2D eigenvalue weighted by molar-refractivity contribution is 6.36. The fourth-order valence-electron chi connectivity index (χ4n) is 4.92. The molecule has 5 rings (SSSR count). The van der Waals surface area contributed by atoms with E-state index in [0.29, 0.717) is 22.4 Å². The third-order valence-electron chi connectivity index (χ3n) is 6.91. The number of ether oxygens (including phenoxy) is 2. The van der Waals surface area contributed by atoms with Gasteiger partial charge in [-0.25, -0.2) is 9.37 Å². The molecule has 33 heavy (non-hydrogen) atoms. The van der Waals surface area contributed by atoms with Gasteiger partial charge in [-0.2, -0.15) is 5.10 Å². The number of hydrogen-bond acceptors (Lipinski definition) is 5. The lowest BCUT2D eigenvalue weighted by atomic mass is 9.63. The van der Waals surface area contributed by atoms with Crippen molar-refractivity contribution in [1.82, 2.24) is 14.8 Å². The van der Waals surface area contributed by atoms with Gasteiger partial charge in [0.1, 0.15) is 11.9 Å². The van der Waals surface area contributed by atoms with Crippen molar-refractivity contribution in [3.63, 3.8) is 0 Å². The van der Waals surface area contributed by atoms with Crippen LogP contribution >= 0.6 is 23.2 Å². The van der Waals surface area contributed by atoms with Gasteiger partial charge in [0.15, 0.2) is 11.6 Å². The number of nitrogens with two attached hydrogens (primary N) is 1. The first-order valence-electron chi connectivity index (χ1n) is 11.1. The Kier molecular flexibility index (Phi) is 5.97. The highest BCUT2D eigenvalue weighted by Gasteiger charge is 2.47. The Morgan fingerprint density at radius 1 is 1.27 bits per heavy atom. The topological polar surface area (TPSA) is 75.2 Å². The SMILES string of the molecule is C[C@@H](Oc1cc(-c2cnn(C3CCOCC34CCC4)c2)cnc1N)c1c(Cl)ccc(F)c1Cl. The zero-order valence-corrected chi connectivity index (χ0v) is 19.7. The van der Waals surface area contributed by atoms with Crippen molar-refractivity contribution in [3.05, 3.63) is 58.2 Å². The van der Waals surface area contributed by atoms with Gasteiger partial charge in [0.05, 0.1) is 23.9 Å². The Labute approximate surface area is 201 Å². The third kappa shape index (κ3) is 4.07. The molecule has 1 spiro atoms. The number of halogens is 3. The molecule has 1 aromatic carbocycles. The van der Waals surface area contributed by atoms with E-state index in [9.17, 15) is 4.39 Å². The van der Waals surface area contributed by atoms with Gasteiger partial charge in [0.25, 0.3) is 0 Å². The number of benzene rings is 1. The summed E-state index contributed by atoms with van der Waals surface area (Å²) in [6, 6.07) is 4.82. The molecule has 1 saturated heterocycles. The van der Waals surface area contributed by atoms with E-state index in [1.165, 1.54) is 31.4 Å². The van der Waals surface area contributed by atoms with Gasteiger partial charge in [-0.1, -0.05) is 29.6 Å². The fourth-order valence-corrected chi connectivity index (χ4v) is 5.60. The normalized spacial score (nSPS) is 20.4. The van der Waals surface area contributed by atoms with Gasteiger partial charge in [-0.05, 0) is 44.4 Å². The van der Waals surface area contributed by atoms with E-state index >= 15 is 0 Å². The maximum Gasteiger partial charge on any atom is 0.166 e. The van der Waals surface area contributed by atoms with Crippen LogP contribution in [0.4, 0.5) is 10.2 Å². The van der Waals surface area contributed by atoms with Crippen LogP contribution in [0.3, 0.4) is 0 Å². The van der Waals surface area contributed by atoms with Crippen LogP contribution in [0.1, 0.15) is 50.3 Å². The predicted molar refractivity (Wildman–Crippen MR) is 126 cm³/mol. The van der Waals surface area contributed by atoms with Crippen molar-refractivity contribution in [3.8, 4) is 16.9 Å². The molecule has 9 heteroatoms. The number of hydrogen-bond donors (Lipinski definition) is 1. The second-order valence-corrected chi connectivity index (χ2v) is 9.69. The lowest BCUT2D eigenvalue weighted by Gasteiger charge is -2.50. The summed E-state index contributed by atoms with van der Waals surface area (Å²) in [6.07, 6.45) is 9.51. The zero-order chi connectivity index (χ0) is 23.2. The molecule has 0 radical (unpaired) electrons. The van der Waals surface area contributed by atoms with Gasteiger partial charge < -0.3 is 15.2 Å². The average molecular weight is 491 g/mol. The summed E-state index contributed by atoms with van der Waals surface area (Å²) in [5.41, 5.74) is 8.38. The number of pyridine rings is 1. The molecular weight excluding hydrogens is 466 g/mol. The molecule has 2 aromatic heterocycles. The summed E-state index contributed by atoms with van der Waals surface area (Å²) < 4.78 is 27.8. The van der Waals surface area contributed by atoms with Gasteiger partial charge in [0, 0.05) is 46.1 Å². The van der Waals surface area contributed by atoms with Crippen molar-refractivity contribution in [2.45, 2.75) is 44.8 Å². The Morgan fingerprint density at radius 3 is 2.85 bits per heavy atom. The molecule has 1 aliphatic heterocycles. The van der Waals surface area contributed by atoms with Gasteiger partial charge >= 0.3 is 0 Å². The summed E-state index contributed by atoms with van der Waals surface area (Å²) in [7, 11) is 0. The van der Waals surface area contributed by atoms with Gasteiger partial charge in [-0.3, -0.25) is 4.68 Å². The number of aromatic nitrogens is 3. The van der Waals surface area contributed by atoms with Crippen molar-refractivity contribution in [2.24, 2.45) is 5.41 Å². The minimum absolute atomic E-state index is 0.0691. The van der Waals surface area contributed by atoms with Crippen LogP contribution in [0.15, 0.2) is 36.8 Å². The summed E-state index contributed by atoms with van der Waals surface area (Å²) in [6.45, 7) is 3.30. The van der Waals surface area contributed by atoms with E-state index in [2.05, 4.69) is 21.0 Å². The van der Waals surface area contributed by atoms with E-state index in [1.807, 2.05) is 12.3 Å². The molecule has 2 N–H and O–H groups in total. The Hall–Kier alpha value is -2.35.